The van der Waals surface area contributed by atoms with Crippen molar-refractivity contribution in [3.05, 3.63) is 133 Å². The molecule has 0 aromatic heterocycles. The van der Waals surface area contributed by atoms with Gasteiger partial charge < -0.3 is 9.38 Å². The molecule has 4 aromatic rings. The normalized spacial score (nSPS) is 12.1. The minimum Gasteiger partial charge on any atom is -0.347 e. The van der Waals surface area contributed by atoms with Crippen LogP contribution in [-0.2, 0) is 18.8 Å². The predicted octanol–water partition coefficient (Wildman–Crippen LogP) is 11.3. The smallest absolute Gasteiger partial charge is 0.165 e. The summed E-state index contributed by atoms with van der Waals surface area (Å²) in [6, 6.07) is 26.2. The number of halogens is 2. The summed E-state index contributed by atoms with van der Waals surface area (Å²) in [6.45, 7) is 16.9. The second-order valence-electron chi connectivity index (χ2n) is 13.7. The zero-order chi connectivity index (χ0) is 33.4. The van der Waals surface area contributed by atoms with E-state index in [-0.39, 0.29) is 0 Å². The molecule has 3 nitrogen and oxygen atoms in total. The zero-order valence-electron chi connectivity index (χ0n) is 28.9. The maximum Gasteiger partial charge on any atom is 0.165 e. The van der Waals surface area contributed by atoms with Crippen molar-refractivity contribution < 1.29 is 4.48 Å². The van der Waals surface area contributed by atoms with Crippen LogP contribution in [0, 0.1) is 41.5 Å². The van der Waals surface area contributed by atoms with E-state index in [0.717, 1.165) is 60.1 Å². The third-order valence-corrected chi connectivity index (χ3v) is 9.86. The van der Waals surface area contributed by atoms with Crippen LogP contribution in [0.25, 0.3) is 0 Å². The van der Waals surface area contributed by atoms with Crippen LogP contribution in [0.4, 0.5) is 5.69 Å². The zero-order valence-corrected chi connectivity index (χ0v) is 31.2. The number of quaternary nitrogens is 1. The Balaban J connectivity index is 1.58. The van der Waals surface area contributed by atoms with Gasteiger partial charge in [0.05, 0.1) is 36.4 Å². The molecule has 0 spiro atoms. The van der Waals surface area contributed by atoms with Gasteiger partial charge in [0.25, 0.3) is 0 Å². The van der Waals surface area contributed by atoms with E-state index in [1.807, 2.05) is 18.2 Å². The maximum absolute atomic E-state index is 6.45. The Morgan fingerprint density at radius 2 is 1.17 bits per heavy atom. The van der Waals surface area contributed by atoms with Gasteiger partial charge >= 0.3 is 0 Å². The first-order chi connectivity index (χ1) is 21.7. The molecule has 0 radical (unpaired) electrons. The molecule has 0 amide bonds. The highest BCUT2D eigenvalue weighted by atomic mass is 35.5. The molecule has 0 heterocycles. The second kappa shape index (κ2) is 16.4. The Labute approximate surface area is 292 Å². The molecule has 46 heavy (non-hydrogen) atoms. The highest BCUT2D eigenvalue weighted by Crippen LogP contribution is 2.30. The molecule has 0 aliphatic heterocycles. The van der Waals surface area contributed by atoms with Gasteiger partial charge in [-0.2, -0.15) is 0 Å². The molecule has 4 rings (SSSR count). The van der Waals surface area contributed by atoms with Gasteiger partial charge in [-0.25, -0.2) is 4.99 Å². The molecule has 6 heteroatoms. The molecule has 0 aliphatic carbocycles. The molecule has 4 aromatic carbocycles. The molecule has 0 saturated heterocycles. The first-order valence-corrected chi connectivity index (χ1v) is 17.9. The number of aryl methyl sites for hydroxylation is 6. The van der Waals surface area contributed by atoms with Gasteiger partial charge in [-0.1, -0.05) is 123 Å². The minimum atomic E-state index is 0.520. The fourth-order valence-corrected chi connectivity index (χ4v) is 7.62. The number of amidine groups is 1. The van der Waals surface area contributed by atoms with Gasteiger partial charge in [0.2, 0.25) is 0 Å². The molecule has 0 unspecified atom stereocenters. The van der Waals surface area contributed by atoms with Crippen LogP contribution in [0.3, 0.4) is 0 Å². The number of hydrogen-bond donors (Lipinski definition) is 0. The van der Waals surface area contributed by atoms with Crippen molar-refractivity contribution in [1.29, 1.82) is 0 Å². The number of benzene rings is 4. The average molecular weight is 676 g/mol. The van der Waals surface area contributed by atoms with Crippen LogP contribution in [0.5, 0.6) is 0 Å². The van der Waals surface area contributed by atoms with Crippen LogP contribution < -0.4 is 0 Å². The summed E-state index contributed by atoms with van der Waals surface area (Å²) in [5.74, 6) is 0.839. The summed E-state index contributed by atoms with van der Waals surface area (Å²) in [6.07, 6.45) is 2.20. The van der Waals surface area contributed by atoms with Crippen LogP contribution in [0.1, 0.15) is 62.9 Å². The number of aliphatic imine (C=N–C) groups is 1. The largest absolute Gasteiger partial charge is 0.347 e. The first kappa shape index (κ1) is 36.1. The summed E-state index contributed by atoms with van der Waals surface area (Å²) < 4.78 is 0.964. The van der Waals surface area contributed by atoms with Crippen LogP contribution in [0.15, 0.2) is 77.8 Å². The van der Waals surface area contributed by atoms with E-state index in [9.17, 15) is 0 Å². The van der Waals surface area contributed by atoms with Crippen molar-refractivity contribution in [1.82, 2.24) is 4.90 Å². The number of nitrogens with zero attached hydrogens (tertiary/aromatic N) is 3. The summed E-state index contributed by atoms with van der Waals surface area (Å²) in [5.41, 5.74) is 12.6. The second-order valence-corrected chi connectivity index (χ2v) is 15.5. The summed E-state index contributed by atoms with van der Waals surface area (Å²) >= 11 is 14.5. The van der Waals surface area contributed by atoms with Crippen molar-refractivity contribution in [2.45, 2.75) is 73.2 Å². The third-order valence-electron chi connectivity index (χ3n) is 8.04. The fourth-order valence-electron chi connectivity index (χ4n) is 6.36. The molecule has 0 fully saturated rings. The lowest BCUT2D eigenvalue weighted by Crippen LogP contribution is -2.40. The van der Waals surface area contributed by atoms with Gasteiger partial charge in [-0.3, -0.25) is 0 Å². The average Bonchev–Trinajstić information content (AvgIpc) is 2.93. The van der Waals surface area contributed by atoms with Gasteiger partial charge in [-0.05, 0) is 83.7 Å². The lowest BCUT2D eigenvalue weighted by atomic mass is 10.1. The standard InChI is InChI=1S/C40H50Cl2N3S/c1-28-15-29(2)19-34(18-28)25-44(13-9-10-14-45(7,8)26-35-20-30(3)16-31(4)21-35)40(43-37-11-12-38(41)39(42)24-37)46-27-36-22-32(5)17-33(6)23-36/h11-12,15-24H,9-10,13-14,25-27H2,1-8H3/q+1. The van der Waals surface area contributed by atoms with Crippen molar-refractivity contribution in [2.75, 3.05) is 27.2 Å². The van der Waals surface area contributed by atoms with Gasteiger partial charge in [0, 0.05) is 24.4 Å². The highest BCUT2D eigenvalue weighted by Gasteiger charge is 2.19. The number of rotatable bonds is 12. The molecular formula is C40H50Cl2N3S+. The van der Waals surface area contributed by atoms with Crippen molar-refractivity contribution in [2.24, 2.45) is 4.99 Å². The van der Waals surface area contributed by atoms with E-state index >= 15 is 0 Å². The summed E-state index contributed by atoms with van der Waals surface area (Å²) in [7, 11) is 4.70. The van der Waals surface area contributed by atoms with Crippen LogP contribution in [0.2, 0.25) is 10.0 Å². The Kier molecular flexibility index (Phi) is 12.8. The topological polar surface area (TPSA) is 15.6 Å². The van der Waals surface area contributed by atoms with Crippen LogP contribution >= 0.6 is 35.0 Å². The predicted molar refractivity (Wildman–Crippen MR) is 203 cm³/mol. The Hall–Kier alpha value is -2.76. The monoisotopic (exact) mass is 674 g/mol. The molecule has 0 aliphatic rings. The summed E-state index contributed by atoms with van der Waals surface area (Å²) in [4.78, 5) is 7.69. The highest BCUT2D eigenvalue weighted by molar-refractivity contribution is 8.13. The van der Waals surface area contributed by atoms with Gasteiger partial charge in [-0.15, -0.1) is 0 Å². The Morgan fingerprint density at radius 3 is 1.72 bits per heavy atom. The minimum absolute atomic E-state index is 0.520. The molecule has 0 atom stereocenters. The lowest BCUT2D eigenvalue weighted by molar-refractivity contribution is -0.903. The SMILES string of the molecule is Cc1cc(C)cc(CSC(=Nc2ccc(Cl)c(Cl)c2)N(CCCC[N+](C)(C)Cc2cc(C)cc(C)c2)Cc2cc(C)cc(C)c2)c1. The van der Waals surface area contributed by atoms with E-state index in [1.54, 1.807) is 11.8 Å². The quantitative estimate of drug-likeness (QED) is 0.0643. The summed E-state index contributed by atoms with van der Waals surface area (Å²) in [5, 5.41) is 2.06. The van der Waals surface area contributed by atoms with E-state index in [0.29, 0.717) is 10.0 Å². The Morgan fingerprint density at radius 1 is 0.652 bits per heavy atom. The van der Waals surface area contributed by atoms with Crippen molar-refractivity contribution in [3.8, 4) is 0 Å². The fraction of sp³-hybridized carbons (Fsp3) is 0.375. The van der Waals surface area contributed by atoms with E-state index in [4.69, 9.17) is 28.2 Å². The maximum atomic E-state index is 6.45. The molecular weight excluding hydrogens is 625 g/mol. The molecule has 0 bridgehead atoms. The Bertz CT molecular complexity index is 1620. The molecule has 0 N–H and O–H groups in total. The van der Waals surface area contributed by atoms with E-state index in [1.165, 1.54) is 50.1 Å². The third kappa shape index (κ3) is 11.5. The van der Waals surface area contributed by atoms with Crippen LogP contribution in [-0.4, -0.2) is 41.7 Å². The lowest BCUT2D eigenvalue weighted by Gasteiger charge is -2.31. The number of thioether (sulfide) groups is 1. The number of unbranched alkanes of at least 4 members (excludes halogenated alkanes) is 1. The van der Waals surface area contributed by atoms with Gasteiger partial charge in [0.1, 0.15) is 6.54 Å². The molecule has 0 saturated carbocycles. The number of hydrogen-bond acceptors (Lipinski definition) is 2. The van der Waals surface area contributed by atoms with E-state index < -0.39 is 0 Å². The molecule has 244 valence electrons. The van der Waals surface area contributed by atoms with Gasteiger partial charge in [0.15, 0.2) is 5.17 Å². The van der Waals surface area contributed by atoms with Crippen molar-refractivity contribution >= 4 is 45.8 Å². The van der Waals surface area contributed by atoms with Crippen molar-refractivity contribution in [3.63, 3.8) is 0 Å². The van der Waals surface area contributed by atoms with E-state index in [2.05, 4.69) is 115 Å². The first-order valence-electron chi connectivity index (χ1n) is 16.2.